The number of hydrogen-bond acceptors (Lipinski definition) is 4. The zero-order chi connectivity index (χ0) is 16.4. The van der Waals surface area contributed by atoms with Crippen LogP contribution in [0.3, 0.4) is 0 Å². The Hall–Kier alpha value is -0.745. The van der Waals surface area contributed by atoms with E-state index in [9.17, 15) is 0 Å². The first-order valence-electron chi connectivity index (χ1n) is 7.64. The Morgan fingerprint density at radius 3 is 2.41 bits per heavy atom. The van der Waals surface area contributed by atoms with Gasteiger partial charge >= 0.3 is 7.12 Å². The van der Waals surface area contributed by atoms with Gasteiger partial charge in [0.15, 0.2) is 0 Å². The third kappa shape index (κ3) is 3.77. The highest BCUT2D eigenvalue weighted by molar-refractivity contribution is 7.98. The van der Waals surface area contributed by atoms with Crippen molar-refractivity contribution in [2.45, 2.75) is 43.8 Å². The summed E-state index contributed by atoms with van der Waals surface area (Å²) in [4.78, 5) is 1.26. The van der Waals surface area contributed by atoms with Gasteiger partial charge in [0.05, 0.1) is 11.2 Å². The van der Waals surface area contributed by atoms with E-state index in [1.165, 1.54) is 10.5 Å². The molecule has 1 aromatic carbocycles. The Labute approximate surface area is 139 Å². The van der Waals surface area contributed by atoms with Crippen LogP contribution in [0.15, 0.2) is 34.6 Å². The van der Waals surface area contributed by atoms with E-state index in [2.05, 4.69) is 69.6 Å². The van der Waals surface area contributed by atoms with Crippen molar-refractivity contribution in [2.24, 2.45) is 0 Å². The molecule has 1 aliphatic heterocycles. The van der Waals surface area contributed by atoms with Crippen LogP contribution >= 0.6 is 11.8 Å². The molecule has 120 valence electrons. The largest absolute Gasteiger partial charge is 0.491 e. The maximum atomic E-state index is 6.17. The molecule has 0 bridgehead atoms. The van der Waals surface area contributed by atoms with E-state index in [1.807, 2.05) is 7.05 Å². The fraction of sp³-hybridized carbons (Fsp3) is 0.529. The van der Waals surface area contributed by atoms with Crippen molar-refractivity contribution < 1.29 is 9.31 Å². The van der Waals surface area contributed by atoms with Crippen LogP contribution in [0.2, 0.25) is 0 Å². The lowest BCUT2D eigenvalue weighted by Gasteiger charge is -2.32. The number of hydrogen-bond donors (Lipinski definition) is 1. The second-order valence-corrected chi connectivity index (χ2v) is 7.49. The monoisotopic (exact) mass is 319 g/mol. The van der Waals surface area contributed by atoms with Crippen molar-refractivity contribution >= 4 is 25.0 Å². The van der Waals surface area contributed by atoms with Gasteiger partial charge in [0.25, 0.3) is 0 Å². The van der Waals surface area contributed by atoms with Gasteiger partial charge < -0.3 is 14.6 Å². The summed E-state index contributed by atoms with van der Waals surface area (Å²) in [5.41, 5.74) is 1.66. The first-order valence-corrected chi connectivity index (χ1v) is 8.86. The Morgan fingerprint density at radius 2 is 1.86 bits per heavy atom. The minimum absolute atomic E-state index is 0.310. The van der Waals surface area contributed by atoms with E-state index in [0.717, 1.165) is 12.0 Å². The van der Waals surface area contributed by atoms with Crippen molar-refractivity contribution in [2.75, 3.05) is 19.8 Å². The van der Waals surface area contributed by atoms with Crippen molar-refractivity contribution in [3.8, 4) is 0 Å². The SMILES string of the molecule is CNCC(=Cc1cccc(SC)c1)B1OC(C)(C)C(C)(C)O1. The van der Waals surface area contributed by atoms with E-state index < -0.39 is 0 Å². The predicted octanol–water partition coefficient (Wildman–Crippen LogP) is 3.64. The molecular formula is C17H26BNO2S. The molecule has 3 nitrogen and oxygen atoms in total. The van der Waals surface area contributed by atoms with Crippen LogP contribution in [-0.2, 0) is 9.31 Å². The minimum atomic E-state index is -0.314. The molecule has 0 spiro atoms. The van der Waals surface area contributed by atoms with E-state index in [0.29, 0.717) is 0 Å². The Balaban J connectivity index is 2.29. The first kappa shape index (κ1) is 17.6. The second kappa shape index (κ2) is 6.79. The lowest BCUT2D eigenvalue weighted by atomic mass is 9.77. The summed E-state index contributed by atoms with van der Waals surface area (Å²) in [6.45, 7) is 9.06. The van der Waals surface area contributed by atoms with Crippen LogP contribution in [0, 0.1) is 0 Å². The molecular weight excluding hydrogens is 293 g/mol. The van der Waals surface area contributed by atoms with Crippen molar-refractivity contribution in [1.82, 2.24) is 5.32 Å². The van der Waals surface area contributed by atoms with Gasteiger partial charge in [0.1, 0.15) is 0 Å². The molecule has 5 heteroatoms. The summed E-state index contributed by atoms with van der Waals surface area (Å²) >= 11 is 1.75. The average Bonchev–Trinajstić information content (AvgIpc) is 2.67. The molecule has 0 atom stereocenters. The van der Waals surface area contributed by atoms with E-state index in [4.69, 9.17) is 9.31 Å². The quantitative estimate of drug-likeness (QED) is 0.663. The summed E-state index contributed by atoms with van der Waals surface area (Å²) in [5.74, 6) is 0. The van der Waals surface area contributed by atoms with E-state index in [1.54, 1.807) is 11.8 Å². The second-order valence-electron chi connectivity index (χ2n) is 6.61. The maximum Gasteiger partial charge on any atom is 0.491 e. The van der Waals surface area contributed by atoms with Gasteiger partial charge in [-0.05, 0) is 64.2 Å². The molecule has 0 amide bonds. The van der Waals surface area contributed by atoms with Gasteiger partial charge in [0, 0.05) is 11.4 Å². The number of nitrogens with one attached hydrogen (secondary N) is 1. The zero-order valence-electron chi connectivity index (χ0n) is 14.4. The minimum Gasteiger partial charge on any atom is -0.400 e. The van der Waals surface area contributed by atoms with Crippen LogP contribution in [-0.4, -0.2) is 38.2 Å². The molecule has 0 unspecified atom stereocenters. The summed E-state index contributed by atoms with van der Waals surface area (Å²) in [6.07, 6.45) is 4.25. The highest BCUT2D eigenvalue weighted by Crippen LogP contribution is 2.38. The number of rotatable bonds is 5. The molecule has 1 aromatic rings. The molecule has 0 aliphatic carbocycles. The molecule has 1 aliphatic rings. The molecule has 1 heterocycles. The fourth-order valence-electron chi connectivity index (χ4n) is 2.35. The standard InChI is InChI=1S/C17H26BNO2S/c1-16(2)17(3,4)21-18(20-16)14(12-19-5)10-13-8-7-9-15(11-13)22-6/h7-11,19H,12H2,1-6H3. The van der Waals surface area contributed by atoms with Crippen LogP contribution in [0.5, 0.6) is 0 Å². The van der Waals surface area contributed by atoms with Crippen molar-refractivity contribution in [3.05, 3.63) is 35.3 Å². The smallest absolute Gasteiger partial charge is 0.400 e. The lowest BCUT2D eigenvalue weighted by molar-refractivity contribution is 0.00578. The Kier molecular flexibility index (Phi) is 5.43. The van der Waals surface area contributed by atoms with Crippen molar-refractivity contribution in [3.63, 3.8) is 0 Å². The number of thioether (sulfide) groups is 1. The zero-order valence-corrected chi connectivity index (χ0v) is 15.2. The molecule has 1 saturated heterocycles. The van der Waals surface area contributed by atoms with Gasteiger partial charge in [-0.15, -0.1) is 11.8 Å². The van der Waals surface area contributed by atoms with Gasteiger partial charge in [0.2, 0.25) is 0 Å². The topological polar surface area (TPSA) is 30.5 Å². The van der Waals surface area contributed by atoms with Crippen LogP contribution in [0.25, 0.3) is 6.08 Å². The third-order valence-corrected chi connectivity index (χ3v) is 5.11. The first-order chi connectivity index (χ1) is 10.3. The Morgan fingerprint density at radius 1 is 1.23 bits per heavy atom. The lowest BCUT2D eigenvalue weighted by Crippen LogP contribution is -2.41. The summed E-state index contributed by atoms with van der Waals surface area (Å²) in [6, 6.07) is 8.50. The molecule has 0 saturated carbocycles. The molecule has 0 radical (unpaired) electrons. The van der Waals surface area contributed by atoms with Crippen molar-refractivity contribution in [1.29, 1.82) is 0 Å². The summed E-state index contributed by atoms with van der Waals surface area (Å²) < 4.78 is 12.3. The van der Waals surface area contributed by atoms with Crippen LogP contribution in [0.4, 0.5) is 0 Å². The Bertz CT molecular complexity index is 541. The third-order valence-electron chi connectivity index (χ3n) is 4.38. The molecule has 1 fully saturated rings. The highest BCUT2D eigenvalue weighted by atomic mass is 32.2. The maximum absolute atomic E-state index is 6.17. The molecule has 0 aromatic heterocycles. The van der Waals surface area contributed by atoms with E-state index >= 15 is 0 Å². The molecule has 22 heavy (non-hydrogen) atoms. The van der Waals surface area contributed by atoms with Crippen LogP contribution in [0.1, 0.15) is 33.3 Å². The summed E-state index contributed by atoms with van der Waals surface area (Å²) in [5, 5.41) is 3.21. The highest BCUT2D eigenvalue weighted by Gasteiger charge is 2.52. The van der Waals surface area contributed by atoms with Gasteiger partial charge in [-0.1, -0.05) is 18.2 Å². The number of likely N-dealkylation sites (N-methyl/N-ethyl adjacent to an activating group) is 1. The molecule has 1 N–H and O–H groups in total. The van der Waals surface area contributed by atoms with Crippen LogP contribution < -0.4 is 5.32 Å². The predicted molar refractivity (Wildman–Crippen MR) is 96.2 cm³/mol. The molecule has 2 rings (SSSR count). The van der Waals surface area contributed by atoms with Gasteiger partial charge in [-0.3, -0.25) is 0 Å². The van der Waals surface area contributed by atoms with Gasteiger partial charge in [-0.25, -0.2) is 0 Å². The fourth-order valence-corrected chi connectivity index (χ4v) is 2.81. The van der Waals surface area contributed by atoms with E-state index in [-0.39, 0.29) is 18.3 Å². The number of benzene rings is 1. The average molecular weight is 319 g/mol. The summed E-state index contributed by atoms with van der Waals surface area (Å²) in [7, 11) is 1.63. The normalized spacial score (nSPS) is 20.5. The van der Waals surface area contributed by atoms with Gasteiger partial charge in [-0.2, -0.15) is 0 Å².